The monoisotopic (exact) mass is 339 g/mol. The molecule has 1 aliphatic rings. The fourth-order valence-electron chi connectivity index (χ4n) is 3.24. The zero-order valence-electron chi connectivity index (χ0n) is 13.8. The van der Waals surface area contributed by atoms with E-state index in [1.54, 1.807) is 0 Å². The Morgan fingerprint density at radius 2 is 2.17 bits per heavy atom. The third-order valence-electron chi connectivity index (χ3n) is 4.59. The first kappa shape index (κ1) is 18.2. The second kappa shape index (κ2) is 7.17. The second-order valence-corrected chi connectivity index (χ2v) is 6.09. The zero-order chi connectivity index (χ0) is 17.9. The molecular weight excluding hydrogens is 317 g/mol. The first-order valence-corrected chi connectivity index (χ1v) is 7.90. The van der Waals surface area contributed by atoms with Crippen LogP contribution in [-0.2, 0) is 4.79 Å². The van der Waals surface area contributed by atoms with Crippen LogP contribution >= 0.6 is 0 Å². The summed E-state index contributed by atoms with van der Waals surface area (Å²) in [5.74, 6) is -2.19. The van der Waals surface area contributed by atoms with Crippen LogP contribution < -0.4 is 4.74 Å². The summed E-state index contributed by atoms with van der Waals surface area (Å²) in [6.07, 6.45) is 0.00957. The molecule has 24 heavy (non-hydrogen) atoms. The molecule has 1 heterocycles. The van der Waals surface area contributed by atoms with Gasteiger partial charge < -0.3 is 19.8 Å². The molecule has 2 rings (SSSR count). The van der Waals surface area contributed by atoms with E-state index < -0.39 is 29.2 Å². The van der Waals surface area contributed by atoms with Gasteiger partial charge in [0.2, 0.25) is 0 Å². The number of hydrogen-bond donors (Lipinski definition) is 2. The first-order chi connectivity index (χ1) is 11.4. The maximum absolute atomic E-state index is 13.8. The number of piperidine rings is 1. The Balaban J connectivity index is 2.27. The van der Waals surface area contributed by atoms with E-state index in [0.717, 1.165) is 6.07 Å². The van der Waals surface area contributed by atoms with E-state index in [0.29, 0.717) is 6.42 Å². The lowest BCUT2D eigenvalue weighted by atomic mass is 9.74. The maximum atomic E-state index is 13.8. The van der Waals surface area contributed by atoms with Crippen LogP contribution in [0.4, 0.5) is 4.39 Å². The van der Waals surface area contributed by atoms with Gasteiger partial charge in [-0.25, -0.2) is 4.39 Å². The van der Waals surface area contributed by atoms with Crippen LogP contribution in [0.5, 0.6) is 5.75 Å². The topological polar surface area (TPSA) is 87.1 Å². The van der Waals surface area contributed by atoms with Crippen molar-refractivity contribution in [2.24, 2.45) is 5.41 Å². The van der Waals surface area contributed by atoms with Crippen molar-refractivity contribution >= 4 is 11.9 Å². The van der Waals surface area contributed by atoms with E-state index in [9.17, 15) is 24.2 Å². The lowest BCUT2D eigenvalue weighted by Gasteiger charge is -2.43. The molecule has 7 heteroatoms. The number of aliphatic hydroxyl groups excluding tert-OH is 1. The number of aliphatic hydroxyl groups is 1. The van der Waals surface area contributed by atoms with Crippen molar-refractivity contribution in [3.63, 3.8) is 0 Å². The summed E-state index contributed by atoms with van der Waals surface area (Å²) in [4.78, 5) is 25.7. The third-order valence-corrected chi connectivity index (χ3v) is 4.59. The average molecular weight is 339 g/mol. The second-order valence-electron chi connectivity index (χ2n) is 6.09. The van der Waals surface area contributed by atoms with E-state index >= 15 is 0 Å². The minimum atomic E-state index is -1.38. The molecule has 2 atom stereocenters. The molecule has 0 bridgehead atoms. The van der Waals surface area contributed by atoms with Gasteiger partial charge in [0.15, 0.2) is 11.6 Å². The van der Waals surface area contributed by atoms with Gasteiger partial charge >= 0.3 is 5.97 Å². The largest absolute Gasteiger partial charge is 0.494 e. The zero-order valence-corrected chi connectivity index (χ0v) is 13.8. The summed E-state index contributed by atoms with van der Waals surface area (Å²) >= 11 is 0. The fourth-order valence-corrected chi connectivity index (χ4v) is 3.24. The van der Waals surface area contributed by atoms with Crippen LogP contribution in [0.3, 0.4) is 0 Å². The highest BCUT2D eigenvalue weighted by Gasteiger charge is 2.49. The van der Waals surface area contributed by atoms with Gasteiger partial charge in [-0.3, -0.25) is 9.59 Å². The Morgan fingerprint density at radius 1 is 1.46 bits per heavy atom. The molecule has 1 amide bonds. The van der Waals surface area contributed by atoms with Crippen molar-refractivity contribution in [2.45, 2.75) is 32.3 Å². The quantitative estimate of drug-likeness (QED) is 0.856. The van der Waals surface area contributed by atoms with Gasteiger partial charge in [0, 0.05) is 18.7 Å². The van der Waals surface area contributed by atoms with Crippen LogP contribution in [0.25, 0.3) is 0 Å². The number of likely N-dealkylation sites (tertiary alicyclic amines) is 1. The maximum Gasteiger partial charge on any atom is 0.314 e. The highest BCUT2D eigenvalue weighted by molar-refractivity contribution is 5.95. The number of halogens is 1. The van der Waals surface area contributed by atoms with Gasteiger partial charge in [-0.15, -0.1) is 0 Å². The minimum absolute atomic E-state index is 0.0338. The molecule has 0 unspecified atom stereocenters. The first-order valence-electron chi connectivity index (χ1n) is 7.90. The number of amides is 1. The number of methoxy groups -OCH3 is 1. The molecular formula is C17H22FNO5. The number of hydrogen-bond acceptors (Lipinski definition) is 4. The van der Waals surface area contributed by atoms with Crippen molar-refractivity contribution in [3.8, 4) is 5.75 Å². The summed E-state index contributed by atoms with van der Waals surface area (Å²) in [6, 6.07) is 3.88. The summed E-state index contributed by atoms with van der Waals surface area (Å²) < 4.78 is 18.6. The molecule has 0 aromatic heterocycles. The molecule has 1 aromatic rings. The molecule has 1 saturated heterocycles. The Bertz CT molecular complexity index is 635. The molecule has 0 radical (unpaired) electrons. The molecule has 132 valence electrons. The summed E-state index contributed by atoms with van der Waals surface area (Å²) in [5, 5.41) is 19.8. The highest BCUT2D eigenvalue weighted by Crippen LogP contribution is 2.36. The van der Waals surface area contributed by atoms with E-state index in [1.807, 2.05) is 6.92 Å². The molecule has 0 spiro atoms. The van der Waals surface area contributed by atoms with Crippen molar-refractivity contribution in [2.75, 3.05) is 20.2 Å². The van der Waals surface area contributed by atoms with Crippen LogP contribution in [-0.4, -0.2) is 53.3 Å². The number of carbonyl (C=O) groups is 2. The van der Waals surface area contributed by atoms with E-state index in [-0.39, 0.29) is 37.2 Å². The SMILES string of the molecule is CCC[C@@]1(C(=O)O)CN(C(=O)c2ccc(OC)c(F)c2)CC[C@H]1O. The normalized spacial score (nSPS) is 23.8. The van der Waals surface area contributed by atoms with Gasteiger partial charge in [0.1, 0.15) is 5.41 Å². The number of nitrogens with zero attached hydrogens (tertiary/aromatic N) is 1. The number of carboxylic acids is 1. The Kier molecular flexibility index (Phi) is 5.43. The van der Waals surface area contributed by atoms with Crippen LogP contribution in [0, 0.1) is 11.2 Å². The summed E-state index contributed by atoms with van der Waals surface area (Å²) in [7, 11) is 1.33. The van der Waals surface area contributed by atoms with Crippen molar-refractivity contribution < 1.29 is 28.9 Å². The van der Waals surface area contributed by atoms with E-state index in [1.165, 1.54) is 24.1 Å². The summed E-state index contributed by atoms with van der Waals surface area (Å²) in [5.41, 5.74) is -1.26. The van der Waals surface area contributed by atoms with Crippen LogP contribution in [0.2, 0.25) is 0 Å². The number of rotatable bonds is 5. The standard InChI is InChI=1S/C17H22FNO5/c1-3-7-17(16(22)23)10-19(8-6-14(17)20)15(21)11-4-5-13(24-2)12(18)9-11/h4-5,9,14,20H,3,6-8,10H2,1-2H3,(H,22,23)/t14-,17-/m1/s1. The van der Waals surface area contributed by atoms with Gasteiger partial charge in [0.25, 0.3) is 5.91 Å². The molecule has 1 aliphatic heterocycles. The van der Waals surface area contributed by atoms with E-state index in [2.05, 4.69) is 0 Å². The van der Waals surface area contributed by atoms with Crippen molar-refractivity contribution in [3.05, 3.63) is 29.6 Å². The summed E-state index contributed by atoms with van der Waals surface area (Å²) in [6.45, 7) is 1.97. The average Bonchev–Trinajstić information content (AvgIpc) is 2.56. The highest BCUT2D eigenvalue weighted by atomic mass is 19.1. The van der Waals surface area contributed by atoms with Crippen molar-refractivity contribution in [1.29, 1.82) is 0 Å². The molecule has 0 saturated carbocycles. The minimum Gasteiger partial charge on any atom is -0.494 e. The fraction of sp³-hybridized carbons (Fsp3) is 0.529. The molecule has 0 aliphatic carbocycles. The number of ether oxygens (including phenoxy) is 1. The van der Waals surface area contributed by atoms with Gasteiger partial charge in [-0.05, 0) is 31.0 Å². The van der Waals surface area contributed by atoms with Crippen LogP contribution in [0.1, 0.15) is 36.5 Å². The Morgan fingerprint density at radius 3 is 2.71 bits per heavy atom. The van der Waals surface area contributed by atoms with Gasteiger partial charge in [-0.1, -0.05) is 13.3 Å². The molecule has 2 N–H and O–H groups in total. The van der Waals surface area contributed by atoms with E-state index in [4.69, 9.17) is 4.74 Å². The number of carboxylic acid groups (broad SMARTS) is 1. The number of aliphatic carboxylic acids is 1. The Hall–Kier alpha value is -2.15. The van der Waals surface area contributed by atoms with Gasteiger partial charge in [0.05, 0.1) is 13.2 Å². The van der Waals surface area contributed by atoms with Crippen molar-refractivity contribution in [1.82, 2.24) is 4.90 Å². The molecule has 6 nitrogen and oxygen atoms in total. The predicted molar refractivity (Wildman–Crippen MR) is 84.5 cm³/mol. The molecule has 1 aromatic carbocycles. The lowest BCUT2D eigenvalue weighted by Crippen LogP contribution is -2.57. The number of benzene rings is 1. The Labute approximate surface area is 139 Å². The van der Waals surface area contributed by atoms with Crippen LogP contribution in [0.15, 0.2) is 18.2 Å². The predicted octanol–water partition coefficient (Wildman–Crippen LogP) is 1.91. The third kappa shape index (κ3) is 3.21. The smallest absolute Gasteiger partial charge is 0.314 e. The van der Waals surface area contributed by atoms with Gasteiger partial charge in [-0.2, -0.15) is 0 Å². The molecule has 1 fully saturated rings. The number of carbonyl (C=O) groups excluding carboxylic acids is 1. The lowest BCUT2D eigenvalue weighted by molar-refractivity contribution is -0.162.